The van der Waals surface area contributed by atoms with Gasteiger partial charge in [0.05, 0.1) is 21.1 Å². The van der Waals surface area contributed by atoms with Crippen LogP contribution in [-0.2, 0) is 14.3 Å². The van der Waals surface area contributed by atoms with Crippen molar-refractivity contribution in [1.29, 1.82) is 0 Å². The van der Waals surface area contributed by atoms with Crippen LogP contribution in [-0.4, -0.2) is 36.2 Å². The van der Waals surface area contributed by atoms with Gasteiger partial charge in [0.25, 0.3) is 5.91 Å². The van der Waals surface area contributed by atoms with Gasteiger partial charge in [0.1, 0.15) is 6.54 Å². The van der Waals surface area contributed by atoms with Crippen LogP contribution in [0.4, 0.5) is 13.2 Å². The smallest absolute Gasteiger partial charge is 0.405 e. The summed E-state index contributed by atoms with van der Waals surface area (Å²) in [6.45, 7) is -2.15. The summed E-state index contributed by atoms with van der Waals surface area (Å²) in [5.74, 6) is -2.05. The molecule has 27 heavy (non-hydrogen) atoms. The third-order valence-corrected chi connectivity index (χ3v) is 5.70. The number of para-hydroxylation sites is 1. The number of thiazole rings is 1. The van der Waals surface area contributed by atoms with Crippen LogP contribution in [0.15, 0.2) is 24.3 Å². The first-order valence-electron chi connectivity index (χ1n) is 8.69. The Kier molecular flexibility index (Phi) is 5.98. The Labute approximate surface area is 157 Å². The van der Waals surface area contributed by atoms with E-state index in [2.05, 4.69) is 4.98 Å². The van der Waals surface area contributed by atoms with Crippen molar-refractivity contribution < 1.29 is 27.5 Å². The lowest BCUT2D eigenvalue weighted by Gasteiger charge is -2.28. The fourth-order valence-corrected chi connectivity index (χ4v) is 4.42. The van der Waals surface area contributed by atoms with Crippen LogP contribution < -0.4 is 5.32 Å². The third-order valence-electron chi connectivity index (χ3n) is 4.53. The van der Waals surface area contributed by atoms with Gasteiger partial charge in [0.2, 0.25) is 0 Å². The zero-order valence-corrected chi connectivity index (χ0v) is 15.2. The number of esters is 1. The molecule has 0 bridgehead atoms. The number of ether oxygens (including phenoxy) is 1. The summed E-state index contributed by atoms with van der Waals surface area (Å²) in [7, 11) is 0. The van der Waals surface area contributed by atoms with Crippen LogP contribution in [0, 0.1) is 5.92 Å². The van der Waals surface area contributed by atoms with E-state index in [9.17, 15) is 22.8 Å². The molecule has 0 aliphatic heterocycles. The first kappa shape index (κ1) is 19.6. The zero-order valence-electron chi connectivity index (χ0n) is 14.4. The number of hydrogen-bond donors (Lipinski definition) is 1. The number of nitrogens with zero attached hydrogens (tertiary/aromatic N) is 1. The standard InChI is InChI=1S/C18H19F3N2O3S/c19-18(20,21)10-22-15(24)9-26-17(25)12-6-2-1-5-11(12)16-23-13-7-3-4-8-14(13)27-16/h3-4,7-8,11-12H,1-2,5-6,9-10H2,(H,22,24)/t11-,12+/m1/s1. The Morgan fingerprint density at radius 1 is 1.22 bits per heavy atom. The molecule has 2 atom stereocenters. The van der Waals surface area contributed by atoms with Gasteiger partial charge >= 0.3 is 12.1 Å². The second kappa shape index (κ2) is 8.24. The van der Waals surface area contributed by atoms with Gasteiger partial charge < -0.3 is 10.1 Å². The molecule has 1 aliphatic carbocycles. The van der Waals surface area contributed by atoms with Gasteiger partial charge in [-0.05, 0) is 25.0 Å². The Morgan fingerprint density at radius 2 is 1.96 bits per heavy atom. The molecule has 9 heteroatoms. The van der Waals surface area contributed by atoms with Gasteiger partial charge in [-0.15, -0.1) is 11.3 Å². The summed E-state index contributed by atoms with van der Waals surface area (Å²) in [5.41, 5.74) is 0.877. The molecule has 146 valence electrons. The molecule has 3 rings (SSSR count). The van der Waals surface area contributed by atoms with Crippen LogP contribution >= 0.6 is 11.3 Å². The molecule has 1 fully saturated rings. The van der Waals surface area contributed by atoms with E-state index >= 15 is 0 Å². The summed E-state index contributed by atoms with van der Waals surface area (Å²) in [6.07, 6.45) is -1.26. The number of amides is 1. The average molecular weight is 400 g/mol. The van der Waals surface area contributed by atoms with Crippen molar-refractivity contribution in [2.75, 3.05) is 13.2 Å². The molecule has 0 saturated heterocycles. The van der Waals surface area contributed by atoms with E-state index in [1.54, 1.807) is 5.32 Å². The molecule has 0 spiro atoms. The lowest BCUT2D eigenvalue weighted by Crippen LogP contribution is -2.37. The molecule has 1 heterocycles. The maximum Gasteiger partial charge on any atom is 0.405 e. The van der Waals surface area contributed by atoms with Gasteiger partial charge in [-0.25, -0.2) is 4.98 Å². The number of alkyl halides is 3. The van der Waals surface area contributed by atoms with E-state index in [-0.39, 0.29) is 5.92 Å². The maximum absolute atomic E-state index is 12.5. The number of fused-ring (bicyclic) bond motifs is 1. The van der Waals surface area contributed by atoms with Gasteiger partial charge in [0.15, 0.2) is 6.61 Å². The molecular formula is C18H19F3N2O3S. The van der Waals surface area contributed by atoms with Crippen molar-refractivity contribution in [3.63, 3.8) is 0 Å². The average Bonchev–Trinajstić information content (AvgIpc) is 3.08. The number of carbonyl (C=O) groups excluding carboxylic acids is 2. The van der Waals surface area contributed by atoms with Crippen LogP contribution in [0.1, 0.15) is 36.6 Å². The molecule has 1 aromatic carbocycles. The van der Waals surface area contributed by atoms with Gasteiger partial charge in [-0.1, -0.05) is 25.0 Å². The van der Waals surface area contributed by atoms with Gasteiger partial charge in [0, 0.05) is 5.92 Å². The monoisotopic (exact) mass is 400 g/mol. The molecule has 0 radical (unpaired) electrons. The Bertz CT molecular complexity index is 789. The van der Waals surface area contributed by atoms with Crippen LogP contribution in [0.25, 0.3) is 10.2 Å². The number of halogens is 3. The number of benzene rings is 1. The van der Waals surface area contributed by atoms with E-state index in [0.29, 0.717) is 6.42 Å². The minimum absolute atomic E-state index is 0.0955. The maximum atomic E-state index is 12.5. The van der Waals surface area contributed by atoms with Crippen molar-refractivity contribution in [3.8, 4) is 0 Å². The minimum Gasteiger partial charge on any atom is -0.455 e. The van der Waals surface area contributed by atoms with Gasteiger partial charge in [-0.2, -0.15) is 13.2 Å². The summed E-state index contributed by atoms with van der Waals surface area (Å²) in [6, 6.07) is 7.71. The third kappa shape index (κ3) is 5.18. The topological polar surface area (TPSA) is 68.3 Å². The normalized spacial score (nSPS) is 20.4. The summed E-state index contributed by atoms with van der Waals surface area (Å²) in [5, 5.41) is 2.55. The lowest BCUT2D eigenvalue weighted by molar-refractivity contribution is -0.156. The van der Waals surface area contributed by atoms with Crippen molar-refractivity contribution in [2.45, 2.75) is 37.8 Å². The zero-order chi connectivity index (χ0) is 19.4. The highest BCUT2D eigenvalue weighted by Crippen LogP contribution is 2.41. The Hall–Kier alpha value is -2.16. The molecule has 5 nitrogen and oxygen atoms in total. The summed E-state index contributed by atoms with van der Waals surface area (Å²) in [4.78, 5) is 28.5. The van der Waals surface area contributed by atoms with Crippen molar-refractivity contribution in [2.24, 2.45) is 5.92 Å². The van der Waals surface area contributed by atoms with E-state index in [0.717, 1.165) is 34.5 Å². The molecule has 1 aromatic heterocycles. The Balaban J connectivity index is 1.62. The predicted molar refractivity (Wildman–Crippen MR) is 94.3 cm³/mol. The molecular weight excluding hydrogens is 381 g/mol. The highest BCUT2D eigenvalue weighted by atomic mass is 32.1. The number of aromatic nitrogens is 1. The van der Waals surface area contributed by atoms with Crippen molar-refractivity contribution >= 4 is 33.4 Å². The Morgan fingerprint density at radius 3 is 2.70 bits per heavy atom. The molecule has 0 unspecified atom stereocenters. The highest BCUT2D eigenvalue weighted by molar-refractivity contribution is 7.18. The van der Waals surface area contributed by atoms with E-state index in [1.165, 1.54) is 11.3 Å². The van der Waals surface area contributed by atoms with Crippen LogP contribution in [0.2, 0.25) is 0 Å². The molecule has 1 aliphatic rings. The van der Waals surface area contributed by atoms with Crippen LogP contribution in [0.3, 0.4) is 0 Å². The van der Waals surface area contributed by atoms with Gasteiger partial charge in [-0.3, -0.25) is 9.59 Å². The number of carbonyl (C=O) groups is 2. The number of hydrogen-bond acceptors (Lipinski definition) is 5. The quantitative estimate of drug-likeness (QED) is 0.776. The first-order valence-corrected chi connectivity index (χ1v) is 9.51. The van der Waals surface area contributed by atoms with E-state index < -0.39 is 37.1 Å². The second-order valence-electron chi connectivity index (χ2n) is 6.52. The second-order valence-corrected chi connectivity index (χ2v) is 7.58. The highest BCUT2D eigenvalue weighted by Gasteiger charge is 2.35. The molecule has 1 N–H and O–H groups in total. The summed E-state index contributed by atoms with van der Waals surface area (Å²) >= 11 is 1.54. The molecule has 2 aromatic rings. The van der Waals surface area contributed by atoms with E-state index in [4.69, 9.17) is 4.74 Å². The van der Waals surface area contributed by atoms with Crippen molar-refractivity contribution in [1.82, 2.24) is 10.3 Å². The fraction of sp³-hybridized carbons (Fsp3) is 0.500. The van der Waals surface area contributed by atoms with E-state index in [1.807, 2.05) is 24.3 Å². The molecule has 1 amide bonds. The summed E-state index contributed by atoms with van der Waals surface area (Å²) < 4.78 is 42.3. The number of nitrogens with one attached hydrogen (secondary N) is 1. The fourth-order valence-electron chi connectivity index (χ4n) is 3.25. The predicted octanol–water partition coefficient (Wildman–Crippen LogP) is 3.79. The number of rotatable bonds is 5. The lowest BCUT2D eigenvalue weighted by atomic mass is 9.79. The first-order chi connectivity index (χ1) is 12.8. The minimum atomic E-state index is -4.50. The SMILES string of the molecule is O=C(COC(=O)[C@H]1CCCC[C@H]1c1nc2ccccc2s1)NCC(F)(F)F. The molecule has 1 saturated carbocycles. The van der Waals surface area contributed by atoms with Crippen molar-refractivity contribution in [3.05, 3.63) is 29.3 Å². The van der Waals surface area contributed by atoms with Crippen LogP contribution in [0.5, 0.6) is 0 Å². The largest absolute Gasteiger partial charge is 0.455 e.